The average molecular weight is 388 g/mol. The molecule has 0 bridgehead atoms. The predicted molar refractivity (Wildman–Crippen MR) is 107 cm³/mol. The normalized spacial score (nSPS) is 10.2. The third-order valence-electron chi connectivity index (χ3n) is 3.97. The van der Waals surface area contributed by atoms with Gasteiger partial charge in [0.1, 0.15) is 0 Å². The first-order valence-electron chi connectivity index (χ1n) is 8.59. The molecule has 0 saturated heterocycles. The highest BCUT2D eigenvalue weighted by Gasteiger charge is 2.09. The minimum absolute atomic E-state index is 0.0753. The number of aryl methyl sites for hydroxylation is 1. The summed E-state index contributed by atoms with van der Waals surface area (Å²) >= 11 is 4.26. The lowest BCUT2D eigenvalue weighted by molar-refractivity contribution is -0.121. The van der Waals surface area contributed by atoms with Gasteiger partial charge in [0.05, 0.1) is 19.8 Å². The lowest BCUT2D eigenvalue weighted by Crippen LogP contribution is -2.34. The van der Waals surface area contributed by atoms with Crippen molar-refractivity contribution in [3.8, 4) is 11.5 Å². The summed E-state index contributed by atoms with van der Waals surface area (Å²) in [5.74, 6) is 1.01. The van der Waals surface area contributed by atoms with Crippen LogP contribution in [0.2, 0.25) is 0 Å². The third kappa shape index (κ3) is 6.21. The van der Waals surface area contributed by atoms with Gasteiger partial charge in [-0.15, -0.1) is 12.6 Å². The summed E-state index contributed by atoms with van der Waals surface area (Å²) in [5, 5.41) is 5.56. The third-order valence-corrected chi connectivity index (χ3v) is 4.36. The summed E-state index contributed by atoms with van der Waals surface area (Å²) in [6, 6.07) is 12.7. The molecular weight excluding hydrogens is 364 g/mol. The standard InChI is InChI=1S/C20H24N2O4S/c1-25-16-9-7-14(13-17(16)26-2)8-10-19(23)21-11-12-22-20(24)15-5-3-4-6-18(15)27/h3-7,9,13,27H,8,10-12H2,1-2H3,(H,21,23)(H,22,24). The molecule has 2 N–H and O–H groups in total. The van der Waals surface area contributed by atoms with Gasteiger partial charge in [0.25, 0.3) is 5.91 Å². The monoisotopic (exact) mass is 388 g/mol. The van der Waals surface area contributed by atoms with Crippen LogP contribution in [0.15, 0.2) is 47.4 Å². The molecule has 0 aliphatic carbocycles. The van der Waals surface area contributed by atoms with E-state index in [9.17, 15) is 9.59 Å². The van der Waals surface area contributed by atoms with Crippen LogP contribution in [-0.4, -0.2) is 39.1 Å². The van der Waals surface area contributed by atoms with E-state index in [2.05, 4.69) is 23.3 Å². The van der Waals surface area contributed by atoms with Crippen molar-refractivity contribution in [3.05, 3.63) is 53.6 Å². The number of carbonyl (C=O) groups is 2. The molecule has 0 fully saturated rings. The Bertz CT molecular complexity index is 795. The molecule has 2 rings (SSSR count). The van der Waals surface area contributed by atoms with Crippen LogP contribution in [0.3, 0.4) is 0 Å². The van der Waals surface area contributed by atoms with E-state index in [0.717, 1.165) is 5.56 Å². The Labute approximate surface area is 164 Å². The summed E-state index contributed by atoms with van der Waals surface area (Å²) in [7, 11) is 3.16. The van der Waals surface area contributed by atoms with Crippen LogP contribution in [0.1, 0.15) is 22.3 Å². The smallest absolute Gasteiger partial charge is 0.252 e. The Morgan fingerprint density at radius 2 is 1.67 bits per heavy atom. The zero-order chi connectivity index (χ0) is 19.6. The van der Waals surface area contributed by atoms with Gasteiger partial charge in [0.15, 0.2) is 11.5 Å². The highest BCUT2D eigenvalue weighted by molar-refractivity contribution is 7.80. The molecule has 7 heteroatoms. The maximum atomic E-state index is 12.0. The van der Waals surface area contributed by atoms with E-state index in [0.29, 0.717) is 47.9 Å². The first kappa shape index (κ1) is 20.6. The van der Waals surface area contributed by atoms with Gasteiger partial charge in [-0.3, -0.25) is 9.59 Å². The second-order valence-corrected chi connectivity index (χ2v) is 6.29. The topological polar surface area (TPSA) is 76.7 Å². The fourth-order valence-corrected chi connectivity index (χ4v) is 2.78. The molecule has 0 heterocycles. The summed E-state index contributed by atoms with van der Waals surface area (Å²) in [6.07, 6.45) is 0.939. The average Bonchev–Trinajstić information content (AvgIpc) is 2.69. The van der Waals surface area contributed by atoms with Crippen LogP contribution in [0.5, 0.6) is 11.5 Å². The number of amides is 2. The van der Waals surface area contributed by atoms with Crippen LogP contribution in [-0.2, 0) is 11.2 Å². The number of hydrogen-bond donors (Lipinski definition) is 3. The quantitative estimate of drug-likeness (QED) is 0.456. The molecule has 27 heavy (non-hydrogen) atoms. The molecular formula is C20H24N2O4S. The number of rotatable bonds is 9. The number of nitrogens with one attached hydrogen (secondary N) is 2. The second kappa shape index (κ2) is 10.5. The van der Waals surface area contributed by atoms with Crippen molar-refractivity contribution in [1.29, 1.82) is 0 Å². The van der Waals surface area contributed by atoms with E-state index in [-0.39, 0.29) is 11.8 Å². The number of thiol groups is 1. The Balaban J connectivity index is 1.71. The molecule has 0 saturated carbocycles. The SMILES string of the molecule is COc1ccc(CCC(=O)NCCNC(=O)c2ccccc2S)cc1OC. The van der Waals surface area contributed by atoms with Crippen molar-refractivity contribution in [3.63, 3.8) is 0 Å². The molecule has 0 aliphatic heterocycles. The Morgan fingerprint density at radius 3 is 2.37 bits per heavy atom. The van der Waals surface area contributed by atoms with Gasteiger partial charge >= 0.3 is 0 Å². The number of benzene rings is 2. The van der Waals surface area contributed by atoms with Crippen molar-refractivity contribution in [2.45, 2.75) is 17.7 Å². The molecule has 0 aliphatic rings. The number of hydrogen-bond acceptors (Lipinski definition) is 5. The maximum Gasteiger partial charge on any atom is 0.252 e. The van der Waals surface area contributed by atoms with E-state index in [4.69, 9.17) is 9.47 Å². The number of methoxy groups -OCH3 is 2. The van der Waals surface area contributed by atoms with Crippen LogP contribution in [0, 0.1) is 0 Å². The van der Waals surface area contributed by atoms with Crippen molar-refractivity contribution in [2.24, 2.45) is 0 Å². The first-order chi connectivity index (χ1) is 13.0. The van der Waals surface area contributed by atoms with Gasteiger partial charge in [0, 0.05) is 24.4 Å². The summed E-state index contributed by atoms with van der Waals surface area (Å²) in [4.78, 5) is 24.6. The molecule has 0 atom stereocenters. The van der Waals surface area contributed by atoms with E-state index in [1.54, 1.807) is 32.4 Å². The van der Waals surface area contributed by atoms with Gasteiger partial charge in [-0.2, -0.15) is 0 Å². The molecule has 6 nitrogen and oxygen atoms in total. The molecule has 0 aromatic heterocycles. The van der Waals surface area contributed by atoms with Gasteiger partial charge < -0.3 is 20.1 Å². The van der Waals surface area contributed by atoms with Crippen LogP contribution >= 0.6 is 12.6 Å². The van der Waals surface area contributed by atoms with E-state index in [1.807, 2.05) is 24.3 Å². The second-order valence-electron chi connectivity index (χ2n) is 5.81. The van der Waals surface area contributed by atoms with E-state index >= 15 is 0 Å². The van der Waals surface area contributed by atoms with Gasteiger partial charge in [-0.05, 0) is 36.2 Å². The number of carbonyl (C=O) groups excluding carboxylic acids is 2. The molecule has 0 unspecified atom stereocenters. The Morgan fingerprint density at radius 1 is 0.963 bits per heavy atom. The molecule has 144 valence electrons. The maximum absolute atomic E-state index is 12.0. The van der Waals surface area contributed by atoms with Crippen LogP contribution in [0.4, 0.5) is 0 Å². The van der Waals surface area contributed by atoms with Crippen molar-refractivity contribution in [2.75, 3.05) is 27.3 Å². The van der Waals surface area contributed by atoms with Crippen molar-refractivity contribution in [1.82, 2.24) is 10.6 Å². The molecule has 0 radical (unpaired) electrons. The van der Waals surface area contributed by atoms with Gasteiger partial charge in [-0.25, -0.2) is 0 Å². The summed E-state index contributed by atoms with van der Waals surface area (Å²) < 4.78 is 10.5. The Hall–Kier alpha value is -2.67. The molecule has 2 aromatic carbocycles. The van der Waals surface area contributed by atoms with E-state index in [1.165, 1.54) is 0 Å². The fraction of sp³-hybridized carbons (Fsp3) is 0.300. The van der Waals surface area contributed by atoms with E-state index < -0.39 is 0 Å². The molecule has 2 aromatic rings. The highest BCUT2D eigenvalue weighted by Crippen LogP contribution is 2.27. The van der Waals surface area contributed by atoms with Gasteiger partial charge in [-0.1, -0.05) is 18.2 Å². The lowest BCUT2D eigenvalue weighted by atomic mass is 10.1. The summed E-state index contributed by atoms with van der Waals surface area (Å²) in [6.45, 7) is 0.717. The molecule has 0 spiro atoms. The van der Waals surface area contributed by atoms with Gasteiger partial charge in [0.2, 0.25) is 5.91 Å². The minimum atomic E-state index is -0.208. The highest BCUT2D eigenvalue weighted by atomic mass is 32.1. The summed E-state index contributed by atoms with van der Waals surface area (Å²) in [5.41, 5.74) is 1.50. The van der Waals surface area contributed by atoms with Crippen LogP contribution < -0.4 is 20.1 Å². The number of ether oxygens (including phenoxy) is 2. The minimum Gasteiger partial charge on any atom is -0.493 e. The largest absolute Gasteiger partial charge is 0.493 e. The zero-order valence-electron chi connectivity index (χ0n) is 15.5. The first-order valence-corrected chi connectivity index (χ1v) is 9.03. The van der Waals surface area contributed by atoms with Crippen molar-refractivity contribution >= 4 is 24.4 Å². The fourth-order valence-electron chi connectivity index (χ4n) is 2.52. The zero-order valence-corrected chi connectivity index (χ0v) is 16.3. The predicted octanol–water partition coefficient (Wildman–Crippen LogP) is 2.47. The van der Waals surface area contributed by atoms with Crippen molar-refractivity contribution < 1.29 is 19.1 Å². The Kier molecular flexibility index (Phi) is 8.00. The molecule has 2 amide bonds. The lowest BCUT2D eigenvalue weighted by Gasteiger charge is -2.10. The van der Waals surface area contributed by atoms with Crippen LogP contribution in [0.25, 0.3) is 0 Å².